The zero-order chi connectivity index (χ0) is 5.70. The van der Waals surface area contributed by atoms with Crippen LogP contribution in [0.4, 0.5) is 0 Å². The first-order valence-corrected chi connectivity index (χ1v) is 3.07. The van der Waals surface area contributed by atoms with Crippen LogP contribution in [0.1, 0.15) is 0 Å². The van der Waals surface area contributed by atoms with Gasteiger partial charge >= 0.3 is 8.03 Å². The van der Waals surface area contributed by atoms with E-state index in [2.05, 4.69) is 0 Å². The molecule has 0 radical (unpaired) electrons. The predicted octanol–water partition coefficient (Wildman–Crippen LogP) is 0.194. The monoisotopic (exact) mass is 120 g/mol. The fourth-order valence-electron chi connectivity index (χ4n) is 0.151. The summed E-state index contributed by atoms with van der Waals surface area (Å²) in [6.07, 6.45) is 1.44. The molecular formula is C3H7NO2P+. The van der Waals surface area contributed by atoms with Crippen molar-refractivity contribution >= 4 is 8.03 Å². The summed E-state index contributed by atoms with van der Waals surface area (Å²) < 4.78 is 9.76. The van der Waals surface area contributed by atoms with Crippen LogP contribution < -0.4 is 5.73 Å². The molecule has 7 heavy (non-hydrogen) atoms. The lowest BCUT2D eigenvalue weighted by Gasteiger charge is -1.64. The first kappa shape index (κ1) is 6.76. The van der Waals surface area contributed by atoms with Crippen molar-refractivity contribution in [2.24, 2.45) is 5.73 Å². The summed E-state index contributed by atoms with van der Waals surface area (Å²) in [5, 5.41) is 0. The van der Waals surface area contributed by atoms with E-state index in [-0.39, 0.29) is 0 Å². The van der Waals surface area contributed by atoms with Crippen LogP contribution in [0, 0.1) is 0 Å². The Labute approximate surface area is 42.7 Å². The zero-order valence-corrected chi connectivity index (χ0v) is 4.64. The van der Waals surface area contributed by atoms with E-state index >= 15 is 0 Å². The Bertz CT molecular complexity index is 90.9. The predicted molar refractivity (Wildman–Crippen MR) is 28.0 cm³/mol. The molecule has 0 fully saturated rings. The van der Waals surface area contributed by atoms with Crippen LogP contribution in [0.2, 0.25) is 0 Å². The smallest absolute Gasteiger partial charge is 0.327 e. The molecule has 3 N–H and O–H groups in total. The fraction of sp³-hybridized carbons (Fsp3) is 0.333. The van der Waals surface area contributed by atoms with Crippen LogP contribution in [0.3, 0.4) is 0 Å². The van der Waals surface area contributed by atoms with E-state index in [0.717, 1.165) is 5.82 Å². The molecule has 0 aromatic rings. The summed E-state index contributed by atoms with van der Waals surface area (Å²) in [6, 6.07) is 0. The maximum Gasteiger partial charge on any atom is 0.537 e. The van der Waals surface area contributed by atoms with Crippen LogP contribution in [0.15, 0.2) is 11.9 Å². The van der Waals surface area contributed by atoms with Gasteiger partial charge in [-0.3, -0.25) is 0 Å². The van der Waals surface area contributed by atoms with Crippen LogP contribution in [-0.4, -0.2) is 11.4 Å². The van der Waals surface area contributed by atoms with Crippen molar-refractivity contribution in [1.29, 1.82) is 0 Å². The van der Waals surface area contributed by atoms with Crippen molar-refractivity contribution in [3.8, 4) is 0 Å². The highest BCUT2D eigenvalue weighted by atomic mass is 31.1. The standard InChI is InChI=1S/C3H6NO2P/c4-2-1-3-7(5)6/h1,3H,2,4H2/p+1/b3-1-. The Morgan fingerprint density at radius 1 is 1.86 bits per heavy atom. The summed E-state index contributed by atoms with van der Waals surface area (Å²) in [7, 11) is -2.12. The molecular weight excluding hydrogens is 113 g/mol. The van der Waals surface area contributed by atoms with Gasteiger partial charge in [0.25, 0.3) is 0 Å². The van der Waals surface area contributed by atoms with E-state index in [9.17, 15) is 4.57 Å². The lowest BCUT2D eigenvalue weighted by Crippen LogP contribution is -1.91. The van der Waals surface area contributed by atoms with E-state index in [1.807, 2.05) is 0 Å². The van der Waals surface area contributed by atoms with Crippen LogP contribution >= 0.6 is 8.03 Å². The Morgan fingerprint density at radius 2 is 2.43 bits per heavy atom. The van der Waals surface area contributed by atoms with Gasteiger partial charge in [-0.05, 0) is 10.6 Å². The first-order valence-electron chi connectivity index (χ1n) is 1.79. The largest absolute Gasteiger partial charge is 0.537 e. The minimum atomic E-state index is -2.12. The van der Waals surface area contributed by atoms with Gasteiger partial charge in [-0.15, -0.1) is 0 Å². The van der Waals surface area contributed by atoms with Crippen molar-refractivity contribution in [3.05, 3.63) is 11.9 Å². The van der Waals surface area contributed by atoms with Crippen molar-refractivity contribution in [3.63, 3.8) is 0 Å². The van der Waals surface area contributed by atoms with Gasteiger partial charge in [-0.1, -0.05) is 0 Å². The normalized spacial score (nSPS) is 12.6. The highest BCUT2D eigenvalue weighted by Crippen LogP contribution is 2.12. The SMILES string of the molecule is NC/C=C\[P+](=O)O. The Balaban J connectivity index is 3.26. The zero-order valence-electron chi connectivity index (χ0n) is 3.74. The summed E-state index contributed by atoms with van der Waals surface area (Å²) in [5.74, 6) is 1.16. The van der Waals surface area contributed by atoms with E-state index in [1.165, 1.54) is 6.08 Å². The topological polar surface area (TPSA) is 63.3 Å². The second-order valence-corrected chi connectivity index (χ2v) is 1.83. The number of rotatable bonds is 2. The summed E-state index contributed by atoms with van der Waals surface area (Å²) in [4.78, 5) is 8.05. The molecule has 0 saturated carbocycles. The van der Waals surface area contributed by atoms with Gasteiger partial charge in [-0.25, -0.2) is 0 Å². The average molecular weight is 120 g/mol. The quantitative estimate of drug-likeness (QED) is 0.511. The molecule has 4 heteroatoms. The van der Waals surface area contributed by atoms with Crippen LogP contribution in [0.25, 0.3) is 0 Å². The Morgan fingerprint density at radius 3 is 2.57 bits per heavy atom. The van der Waals surface area contributed by atoms with Gasteiger partial charge < -0.3 is 5.73 Å². The highest BCUT2D eigenvalue weighted by molar-refractivity contribution is 7.41. The maximum atomic E-state index is 9.76. The van der Waals surface area contributed by atoms with Gasteiger partial charge in [-0.2, -0.15) is 4.89 Å². The third kappa shape index (κ3) is 5.76. The molecule has 0 aromatic heterocycles. The van der Waals surface area contributed by atoms with E-state index in [1.54, 1.807) is 0 Å². The van der Waals surface area contributed by atoms with Gasteiger partial charge in [0, 0.05) is 6.54 Å². The van der Waals surface area contributed by atoms with Crippen molar-refractivity contribution in [1.82, 2.24) is 0 Å². The van der Waals surface area contributed by atoms with E-state index in [0.29, 0.717) is 6.54 Å². The minimum absolute atomic E-state index is 0.321. The van der Waals surface area contributed by atoms with Gasteiger partial charge in [0.2, 0.25) is 0 Å². The molecule has 0 aromatic carbocycles. The molecule has 0 spiro atoms. The Hall–Kier alpha value is -0.240. The highest BCUT2D eigenvalue weighted by Gasteiger charge is 1.97. The number of hydrogen-bond donors (Lipinski definition) is 2. The maximum absolute atomic E-state index is 9.76. The number of hydrogen-bond acceptors (Lipinski definition) is 2. The summed E-state index contributed by atoms with van der Waals surface area (Å²) in [6.45, 7) is 0.321. The second-order valence-electron chi connectivity index (χ2n) is 0.923. The van der Waals surface area contributed by atoms with E-state index in [4.69, 9.17) is 10.6 Å². The molecule has 3 nitrogen and oxygen atoms in total. The minimum Gasteiger partial charge on any atom is -0.327 e. The molecule has 0 saturated heterocycles. The molecule has 40 valence electrons. The molecule has 0 aliphatic carbocycles. The van der Waals surface area contributed by atoms with Gasteiger partial charge in [0.05, 0.1) is 0 Å². The van der Waals surface area contributed by atoms with Gasteiger partial charge in [0.1, 0.15) is 0 Å². The van der Waals surface area contributed by atoms with Gasteiger partial charge in [0.15, 0.2) is 5.82 Å². The molecule has 0 bridgehead atoms. The van der Waals surface area contributed by atoms with E-state index < -0.39 is 8.03 Å². The van der Waals surface area contributed by atoms with Crippen LogP contribution in [-0.2, 0) is 4.57 Å². The molecule has 1 atom stereocenters. The van der Waals surface area contributed by atoms with Crippen molar-refractivity contribution in [2.45, 2.75) is 0 Å². The molecule has 0 aliphatic rings. The molecule has 0 amide bonds. The second kappa shape index (κ2) is 3.93. The van der Waals surface area contributed by atoms with Crippen molar-refractivity contribution in [2.75, 3.05) is 6.54 Å². The molecule has 0 aliphatic heterocycles. The Kier molecular flexibility index (Phi) is 3.80. The lowest BCUT2D eigenvalue weighted by molar-refractivity contribution is 0.512. The first-order chi connectivity index (χ1) is 3.27. The third-order valence-electron chi connectivity index (χ3n) is 0.369. The molecule has 0 rings (SSSR count). The van der Waals surface area contributed by atoms with Crippen molar-refractivity contribution < 1.29 is 9.46 Å². The summed E-state index contributed by atoms with van der Waals surface area (Å²) in [5.41, 5.74) is 4.95. The number of nitrogens with two attached hydrogens (primary N) is 1. The average Bonchev–Trinajstić information content (AvgIpc) is 1.61. The van der Waals surface area contributed by atoms with Crippen LogP contribution in [0.5, 0.6) is 0 Å². The fourth-order valence-corrected chi connectivity index (χ4v) is 0.453. The molecule has 0 heterocycles. The third-order valence-corrected chi connectivity index (χ3v) is 0.835. The molecule has 1 unspecified atom stereocenters. The summed E-state index contributed by atoms with van der Waals surface area (Å²) >= 11 is 0. The lowest BCUT2D eigenvalue weighted by atomic mass is 10.7.